The van der Waals surface area contributed by atoms with Crippen LogP contribution in [0.1, 0.15) is 44.8 Å². The zero-order valence-electron chi connectivity index (χ0n) is 18.0. The monoisotopic (exact) mass is 484 g/mol. The molecule has 0 unspecified atom stereocenters. The van der Waals surface area contributed by atoms with Crippen molar-refractivity contribution in [2.75, 3.05) is 19.6 Å². The topological polar surface area (TPSA) is 115 Å². The van der Waals surface area contributed by atoms with Crippen LogP contribution in [0, 0.1) is 5.82 Å². The summed E-state index contributed by atoms with van der Waals surface area (Å²) in [6.07, 6.45) is -1.28. The van der Waals surface area contributed by atoms with Gasteiger partial charge in [0.25, 0.3) is 11.8 Å². The fourth-order valence-corrected chi connectivity index (χ4v) is 3.90. The molecule has 1 aromatic heterocycles. The first-order chi connectivity index (χ1) is 16.1. The number of carboxylic acid groups (broad SMARTS) is 1. The fourth-order valence-electron chi connectivity index (χ4n) is 3.90. The molecule has 1 aromatic carbocycles. The molecule has 1 saturated heterocycles. The molecule has 3 heterocycles. The first-order valence-corrected chi connectivity index (χ1v) is 10.6. The number of nitrogens with one attached hydrogen (secondary N) is 3. The van der Waals surface area contributed by atoms with Crippen molar-refractivity contribution in [2.24, 2.45) is 0 Å². The van der Waals surface area contributed by atoms with Crippen molar-refractivity contribution >= 4 is 17.8 Å². The van der Waals surface area contributed by atoms with Gasteiger partial charge in [-0.3, -0.25) is 9.59 Å². The number of carbonyl (C=O) groups is 3. The zero-order chi connectivity index (χ0) is 24.9. The summed E-state index contributed by atoms with van der Waals surface area (Å²) in [6.45, 7) is 2.39. The van der Waals surface area contributed by atoms with Gasteiger partial charge in [0.15, 0.2) is 0 Å². The van der Waals surface area contributed by atoms with Gasteiger partial charge in [-0.25, -0.2) is 9.18 Å². The summed E-state index contributed by atoms with van der Waals surface area (Å²) in [7, 11) is 0. The molecule has 0 bridgehead atoms. The number of halogens is 4. The van der Waals surface area contributed by atoms with E-state index in [1.807, 2.05) is 4.90 Å². The summed E-state index contributed by atoms with van der Waals surface area (Å²) in [5.74, 6) is -3.17. The molecule has 2 aliphatic rings. The average molecular weight is 484 g/mol. The van der Waals surface area contributed by atoms with Crippen molar-refractivity contribution in [3.63, 3.8) is 0 Å². The zero-order valence-corrected chi connectivity index (χ0v) is 18.0. The third kappa shape index (κ3) is 6.13. The molecule has 1 fully saturated rings. The van der Waals surface area contributed by atoms with Gasteiger partial charge in [0, 0.05) is 43.0 Å². The Bertz CT molecular complexity index is 1030. The highest BCUT2D eigenvalue weighted by Crippen LogP contribution is 2.24. The number of alkyl halides is 3. The van der Waals surface area contributed by atoms with Crippen LogP contribution in [0.5, 0.6) is 0 Å². The molecule has 184 valence electrons. The first-order valence-electron chi connectivity index (χ1n) is 10.6. The lowest BCUT2D eigenvalue weighted by molar-refractivity contribution is -0.192. The van der Waals surface area contributed by atoms with Crippen LogP contribution in [0.15, 0.2) is 30.5 Å². The van der Waals surface area contributed by atoms with Crippen LogP contribution < -0.4 is 10.6 Å². The Balaban J connectivity index is 0.000000406. The summed E-state index contributed by atoms with van der Waals surface area (Å²) in [5, 5.41) is 13.3. The number of hydrogen-bond acceptors (Lipinski definition) is 4. The minimum absolute atomic E-state index is 0.0395. The second kappa shape index (κ2) is 10.7. The second-order valence-electron chi connectivity index (χ2n) is 7.91. The highest BCUT2D eigenvalue weighted by molar-refractivity contribution is 5.96. The van der Waals surface area contributed by atoms with E-state index in [0.717, 1.165) is 12.1 Å². The van der Waals surface area contributed by atoms with Crippen LogP contribution in [-0.2, 0) is 17.8 Å². The van der Waals surface area contributed by atoms with E-state index in [2.05, 4.69) is 15.6 Å². The maximum atomic E-state index is 14.0. The molecule has 8 nitrogen and oxygen atoms in total. The second-order valence-corrected chi connectivity index (χ2v) is 7.91. The minimum Gasteiger partial charge on any atom is -0.475 e. The number of fused-ring (bicyclic) bond motifs is 1. The van der Waals surface area contributed by atoms with Crippen LogP contribution in [0.4, 0.5) is 17.6 Å². The van der Waals surface area contributed by atoms with E-state index in [1.165, 1.54) is 6.07 Å². The quantitative estimate of drug-likeness (QED) is 0.500. The van der Waals surface area contributed by atoms with Crippen molar-refractivity contribution in [1.82, 2.24) is 20.5 Å². The molecule has 4 rings (SSSR count). The molecule has 0 atom stereocenters. The number of aromatic amines is 1. The van der Waals surface area contributed by atoms with E-state index >= 15 is 0 Å². The van der Waals surface area contributed by atoms with Gasteiger partial charge in [-0.05, 0) is 55.6 Å². The third-order valence-corrected chi connectivity index (χ3v) is 5.66. The number of nitrogens with zero attached hydrogens (tertiary/aromatic N) is 1. The highest BCUT2D eigenvalue weighted by Gasteiger charge is 2.38. The van der Waals surface area contributed by atoms with E-state index in [1.54, 1.807) is 24.4 Å². The molecule has 34 heavy (non-hydrogen) atoms. The van der Waals surface area contributed by atoms with Gasteiger partial charge in [-0.2, -0.15) is 13.2 Å². The number of aromatic nitrogens is 1. The number of amides is 2. The van der Waals surface area contributed by atoms with Gasteiger partial charge in [-0.1, -0.05) is 0 Å². The van der Waals surface area contributed by atoms with Crippen molar-refractivity contribution in [2.45, 2.75) is 38.0 Å². The van der Waals surface area contributed by atoms with Crippen LogP contribution in [0.25, 0.3) is 0 Å². The number of hydrogen-bond donors (Lipinski definition) is 4. The molecule has 0 aliphatic carbocycles. The number of likely N-dealkylation sites (tertiary alicyclic amines) is 1. The van der Waals surface area contributed by atoms with Gasteiger partial charge >= 0.3 is 12.1 Å². The van der Waals surface area contributed by atoms with Crippen LogP contribution >= 0.6 is 0 Å². The molecule has 12 heteroatoms. The Morgan fingerprint density at radius 1 is 1.09 bits per heavy atom. The van der Waals surface area contributed by atoms with E-state index in [0.29, 0.717) is 55.7 Å². The first kappa shape index (κ1) is 25.2. The van der Waals surface area contributed by atoms with Crippen molar-refractivity contribution < 1.29 is 37.1 Å². The smallest absolute Gasteiger partial charge is 0.475 e. The molecular formula is C22H24F4N4O4. The predicted molar refractivity (Wildman–Crippen MR) is 113 cm³/mol. The van der Waals surface area contributed by atoms with E-state index in [-0.39, 0.29) is 23.7 Å². The molecule has 0 spiro atoms. The standard InChI is InChI=1S/C20H23FN4O2.C2HF3O2/c21-17-4-3-15(14-5-9-22-12-16(14)17)20(27)25-10-6-13(7-11-25)24-19(26)18-2-1-8-23-18;3-2(4,5)1(6)7/h1-4,8,13,22-23H,5-7,9-12H2,(H,24,26);(H,6,7). The molecule has 2 aliphatic heterocycles. The lowest BCUT2D eigenvalue weighted by atomic mass is 9.93. The maximum absolute atomic E-state index is 14.0. The summed E-state index contributed by atoms with van der Waals surface area (Å²) >= 11 is 0. The van der Waals surface area contributed by atoms with Crippen molar-refractivity contribution in [3.8, 4) is 0 Å². The molecular weight excluding hydrogens is 460 g/mol. The maximum Gasteiger partial charge on any atom is 0.490 e. The fraction of sp³-hybridized carbons (Fsp3) is 0.409. The highest BCUT2D eigenvalue weighted by atomic mass is 19.4. The molecule has 0 radical (unpaired) electrons. The SMILES string of the molecule is O=C(NC1CCN(C(=O)c2ccc(F)c3c2CCNC3)CC1)c1ccc[nH]1.O=C(O)C(F)(F)F. The van der Waals surface area contributed by atoms with Crippen LogP contribution in [0.3, 0.4) is 0 Å². The third-order valence-electron chi connectivity index (χ3n) is 5.66. The Morgan fingerprint density at radius 2 is 1.76 bits per heavy atom. The van der Waals surface area contributed by atoms with E-state index in [4.69, 9.17) is 9.90 Å². The summed E-state index contributed by atoms with van der Waals surface area (Å²) in [4.78, 5) is 38.7. The summed E-state index contributed by atoms with van der Waals surface area (Å²) in [6, 6.07) is 6.58. The normalized spacial score (nSPS) is 16.2. The summed E-state index contributed by atoms with van der Waals surface area (Å²) in [5.41, 5.74) is 2.60. The Morgan fingerprint density at radius 3 is 2.35 bits per heavy atom. The molecule has 2 aromatic rings. The van der Waals surface area contributed by atoms with Crippen molar-refractivity contribution in [3.05, 3.63) is 58.7 Å². The van der Waals surface area contributed by atoms with Gasteiger partial charge in [0.05, 0.1) is 0 Å². The van der Waals surface area contributed by atoms with Crippen LogP contribution in [0.2, 0.25) is 0 Å². The number of carboxylic acids is 1. The number of piperidine rings is 1. The number of H-pyrrole nitrogens is 1. The lowest BCUT2D eigenvalue weighted by Gasteiger charge is -2.33. The minimum atomic E-state index is -5.08. The number of rotatable bonds is 3. The van der Waals surface area contributed by atoms with Crippen molar-refractivity contribution in [1.29, 1.82) is 0 Å². The lowest BCUT2D eigenvalue weighted by Crippen LogP contribution is -2.47. The summed E-state index contributed by atoms with van der Waals surface area (Å²) < 4.78 is 45.8. The largest absolute Gasteiger partial charge is 0.490 e. The van der Waals surface area contributed by atoms with E-state index in [9.17, 15) is 27.2 Å². The predicted octanol–water partition coefficient (Wildman–Crippen LogP) is 2.47. The Kier molecular flexibility index (Phi) is 7.92. The van der Waals surface area contributed by atoms with Crippen LogP contribution in [-0.4, -0.2) is 64.6 Å². The van der Waals surface area contributed by atoms with Gasteiger partial charge < -0.3 is 25.6 Å². The molecule has 2 amide bonds. The Labute approximate surface area is 192 Å². The number of aliphatic carboxylic acids is 1. The average Bonchev–Trinajstić information content (AvgIpc) is 3.35. The number of benzene rings is 1. The van der Waals surface area contributed by atoms with Gasteiger partial charge in [0.2, 0.25) is 0 Å². The molecule has 0 saturated carbocycles. The number of carbonyl (C=O) groups excluding carboxylic acids is 2. The van der Waals surface area contributed by atoms with Gasteiger partial charge in [0.1, 0.15) is 11.5 Å². The molecule has 4 N–H and O–H groups in total. The van der Waals surface area contributed by atoms with Gasteiger partial charge in [-0.15, -0.1) is 0 Å². The van der Waals surface area contributed by atoms with E-state index < -0.39 is 12.1 Å². The Hall–Kier alpha value is -3.41.